The van der Waals surface area contributed by atoms with Crippen LogP contribution in [0.2, 0.25) is 0 Å². The number of thiocarbonyl (C=S) groups is 1. The van der Waals surface area contributed by atoms with E-state index in [1.807, 2.05) is 19.1 Å². The summed E-state index contributed by atoms with van der Waals surface area (Å²) in [5.74, 6) is -1.31. The minimum atomic E-state index is -0.813. The highest BCUT2D eigenvalue weighted by Crippen LogP contribution is 2.39. The van der Waals surface area contributed by atoms with Gasteiger partial charge in [0.2, 0.25) is 0 Å². The summed E-state index contributed by atoms with van der Waals surface area (Å²) in [4.78, 5) is 24.8. The number of hydrogen-bond acceptors (Lipinski definition) is 7. The summed E-state index contributed by atoms with van der Waals surface area (Å²) < 4.78 is 5.27. The lowest BCUT2D eigenvalue weighted by Crippen LogP contribution is -2.27. The number of nitrogens with zero attached hydrogens (tertiary/aromatic N) is 2. The first-order valence-corrected chi connectivity index (χ1v) is 8.92. The summed E-state index contributed by atoms with van der Waals surface area (Å²) in [7, 11) is 1.25. The summed E-state index contributed by atoms with van der Waals surface area (Å²) in [5, 5.41) is 23.0. The zero-order valence-corrected chi connectivity index (χ0v) is 15.9. The van der Waals surface area contributed by atoms with Gasteiger partial charge in [0.1, 0.15) is 5.75 Å². The van der Waals surface area contributed by atoms with Crippen LogP contribution in [-0.2, 0) is 4.79 Å². The van der Waals surface area contributed by atoms with E-state index in [0.717, 1.165) is 23.4 Å². The molecule has 0 spiro atoms. The zero-order valence-electron chi connectivity index (χ0n) is 14.3. The molecule has 27 heavy (non-hydrogen) atoms. The van der Waals surface area contributed by atoms with Gasteiger partial charge >= 0.3 is 0 Å². The van der Waals surface area contributed by atoms with Crippen LogP contribution in [0.1, 0.15) is 11.1 Å². The number of thioether (sulfide) groups is 1. The highest BCUT2D eigenvalue weighted by atomic mass is 32.2. The predicted molar refractivity (Wildman–Crippen MR) is 106 cm³/mol. The van der Waals surface area contributed by atoms with Gasteiger partial charge in [-0.2, -0.15) is 0 Å². The van der Waals surface area contributed by atoms with Crippen molar-refractivity contribution in [3.05, 3.63) is 62.5 Å². The molecule has 0 saturated carbocycles. The molecule has 1 aliphatic rings. The van der Waals surface area contributed by atoms with Crippen molar-refractivity contribution in [2.45, 2.75) is 6.92 Å². The maximum absolute atomic E-state index is 12.8. The van der Waals surface area contributed by atoms with Gasteiger partial charge in [0.15, 0.2) is 4.32 Å². The lowest BCUT2D eigenvalue weighted by molar-refractivity contribution is -0.398. The Morgan fingerprint density at radius 3 is 2.52 bits per heavy atom. The van der Waals surface area contributed by atoms with Gasteiger partial charge in [-0.25, -0.2) is 0 Å². The molecule has 0 atom stereocenters. The van der Waals surface area contributed by atoms with Crippen LogP contribution in [-0.4, -0.2) is 22.3 Å². The van der Waals surface area contributed by atoms with Gasteiger partial charge in [0.05, 0.1) is 22.6 Å². The Bertz CT molecular complexity index is 986. The number of ether oxygens (including phenoxy) is 1. The van der Waals surface area contributed by atoms with E-state index in [9.17, 15) is 20.0 Å². The predicted octanol–water partition coefficient (Wildman–Crippen LogP) is 3.39. The van der Waals surface area contributed by atoms with Gasteiger partial charge in [0, 0.05) is 11.8 Å². The minimum Gasteiger partial charge on any atom is -0.865 e. The summed E-state index contributed by atoms with van der Waals surface area (Å²) in [6.07, 6.45) is 1.46. The van der Waals surface area contributed by atoms with E-state index in [0.29, 0.717) is 20.5 Å². The number of nitro groups is 1. The average molecular weight is 401 g/mol. The number of amides is 1. The molecular formula is C18H13N2O5S2-. The SMILES string of the molecule is COc1cc(/C=C2\SC(=S)N(c3ccc(C)cc3)C2=O)cc([N+](=O)[O-])c1[O-]. The van der Waals surface area contributed by atoms with Crippen LogP contribution in [0.25, 0.3) is 6.08 Å². The zero-order chi connectivity index (χ0) is 19.7. The van der Waals surface area contributed by atoms with E-state index < -0.39 is 16.4 Å². The van der Waals surface area contributed by atoms with Crippen LogP contribution in [0.5, 0.6) is 11.5 Å². The number of anilines is 1. The second kappa shape index (κ2) is 7.37. The second-order valence-corrected chi connectivity index (χ2v) is 7.36. The van der Waals surface area contributed by atoms with E-state index in [-0.39, 0.29) is 11.7 Å². The first-order valence-electron chi connectivity index (χ1n) is 7.70. The molecule has 0 radical (unpaired) electrons. The number of carbonyl (C=O) groups is 1. The van der Waals surface area contributed by atoms with Gasteiger partial charge < -0.3 is 9.84 Å². The second-order valence-electron chi connectivity index (χ2n) is 5.68. The number of carbonyl (C=O) groups excluding carboxylic acids is 1. The topological polar surface area (TPSA) is 95.7 Å². The van der Waals surface area contributed by atoms with E-state index in [1.54, 1.807) is 12.1 Å². The molecular weight excluding hydrogens is 388 g/mol. The first kappa shape index (κ1) is 18.9. The van der Waals surface area contributed by atoms with Crippen LogP contribution >= 0.6 is 24.0 Å². The molecule has 0 aromatic heterocycles. The Morgan fingerprint density at radius 1 is 1.26 bits per heavy atom. The van der Waals surface area contributed by atoms with Gasteiger partial charge in [-0.3, -0.25) is 19.8 Å². The lowest BCUT2D eigenvalue weighted by Gasteiger charge is -2.14. The molecule has 0 N–H and O–H groups in total. The number of nitro benzene ring substituents is 1. The van der Waals surface area contributed by atoms with Gasteiger partial charge in [-0.1, -0.05) is 41.7 Å². The average Bonchev–Trinajstić information content (AvgIpc) is 2.90. The molecule has 138 valence electrons. The molecule has 1 amide bonds. The minimum absolute atomic E-state index is 0.163. The third-order valence-corrected chi connectivity index (χ3v) is 5.16. The number of rotatable bonds is 4. The van der Waals surface area contributed by atoms with Crippen molar-refractivity contribution >= 4 is 51.7 Å². The normalized spacial score (nSPS) is 15.5. The third-order valence-electron chi connectivity index (χ3n) is 3.86. The van der Waals surface area contributed by atoms with Gasteiger partial charge in [0.25, 0.3) is 11.6 Å². The van der Waals surface area contributed by atoms with E-state index in [2.05, 4.69) is 0 Å². The number of hydrogen-bond donors (Lipinski definition) is 0. The molecule has 0 unspecified atom stereocenters. The van der Waals surface area contributed by atoms with Crippen molar-refractivity contribution in [1.29, 1.82) is 0 Å². The Kier molecular flexibility index (Phi) is 5.15. The highest BCUT2D eigenvalue weighted by Gasteiger charge is 2.33. The molecule has 7 nitrogen and oxygen atoms in total. The Balaban J connectivity index is 2.00. The van der Waals surface area contributed by atoms with Crippen molar-refractivity contribution in [2.75, 3.05) is 12.0 Å². The van der Waals surface area contributed by atoms with Gasteiger partial charge in [-0.15, -0.1) is 0 Å². The Hall–Kier alpha value is -2.91. The Labute approximate surface area is 164 Å². The monoisotopic (exact) mass is 401 g/mol. The molecule has 3 rings (SSSR count). The summed E-state index contributed by atoms with van der Waals surface area (Å²) >= 11 is 6.39. The van der Waals surface area contributed by atoms with E-state index in [4.69, 9.17) is 17.0 Å². The van der Waals surface area contributed by atoms with Crippen molar-refractivity contribution in [3.8, 4) is 11.5 Å². The summed E-state index contributed by atoms with van der Waals surface area (Å²) in [6.45, 7) is 1.94. The molecule has 2 aromatic carbocycles. The number of benzene rings is 2. The molecule has 9 heteroatoms. The molecule has 1 aliphatic heterocycles. The summed E-state index contributed by atoms with van der Waals surface area (Å²) in [6, 6.07) is 9.81. The van der Waals surface area contributed by atoms with Crippen LogP contribution in [0, 0.1) is 17.0 Å². The maximum atomic E-state index is 12.8. The molecule has 0 bridgehead atoms. The van der Waals surface area contributed by atoms with Crippen LogP contribution < -0.4 is 14.7 Å². The molecule has 1 heterocycles. The number of aryl methyl sites for hydroxylation is 1. The molecule has 1 saturated heterocycles. The lowest BCUT2D eigenvalue weighted by atomic mass is 10.1. The van der Waals surface area contributed by atoms with E-state index >= 15 is 0 Å². The van der Waals surface area contributed by atoms with Gasteiger partial charge in [-0.05, 0) is 36.8 Å². The standard InChI is InChI=1S/C18H14N2O5S2/c1-10-3-5-12(6-4-10)19-17(22)15(27-18(19)26)9-11-7-13(20(23)24)16(21)14(8-11)25-2/h3-9,21H,1-2H3/p-1/b15-9-. The number of methoxy groups -OCH3 is 1. The van der Waals surface area contributed by atoms with Crippen LogP contribution in [0.4, 0.5) is 11.4 Å². The Morgan fingerprint density at radius 2 is 1.93 bits per heavy atom. The van der Waals surface area contributed by atoms with Crippen molar-refractivity contribution < 1.29 is 19.6 Å². The van der Waals surface area contributed by atoms with Crippen LogP contribution in [0.15, 0.2) is 41.3 Å². The van der Waals surface area contributed by atoms with Crippen LogP contribution in [0.3, 0.4) is 0 Å². The fourth-order valence-corrected chi connectivity index (χ4v) is 3.81. The highest BCUT2D eigenvalue weighted by molar-refractivity contribution is 8.27. The smallest absolute Gasteiger partial charge is 0.270 e. The van der Waals surface area contributed by atoms with Crippen molar-refractivity contribution in [2.24, 2.45) is 0 Å². The first-order chi connectivity index (χ1) is 12.8. The third kappa shape index (κ3) is 3.64. The quantitative estimate of drug-likeness (QED) is 0.335. The van der Waals surface area contributed by atoms with Crippen molar-refractivity contribution in [3.63, 3.8) is 0 Å². The summed E-state index contributed by atoms with van der Waals surface area (Å²) in [5.41, 5.74) is 1.39. The molecule has 2 aromatic rings. The molecule has 0 aliphatic carbocycles. The maximum Gasteiger partial charge on any atom is 0.270 e. The fourth-order valence-electron chi connectivity index (χ4n) is 2.51. The largest absolute Gasteiger partial charge is 0.865 e. The molecule has 1 fully saturated rings. The van der Waals surface area contributed by atoms with E-state index in [1.165, 1.54) is 24.2 Å². The fraction of sp³-hybridized carbons (Fsp3) is 0.111. The van der Waals surface area contributed by atoms with Crippen molar-refractivity contribution in [1.82, 2.24) is 0 Å².